The van der Waals surface area contributed by atoms with E-state index in [0.717, 1.165) is 14.8 Å². The fraction of sp³-hybridized carbons (Fsp3) is 0.0667. The Balaban J connectivity index is 1.74. The Hall–Kier alpha value is -2.29. The molecule has 0 aliphatic heterocycles. The molecule has 0 bridgehead atoms. The van der Waals surface area contributed by atoms with E-state index >= 15 is 0 Å². The SMILES string of the molecule is O=C(Cn1nnnc1-c1ccccc1)Nc1cccc(I)c1. The molecular formula is C15H12IN5O. The molecule has 110 valence electrons. The van der Waals surface area contributed by atoms with Crippen molar-refractivity contribution in [3.63, 3.8) is 0 Å². The second-order valence-electron chi connectivity index (χ2n) is 4.58. The molecule has 0 spiro atoms. The third-order valence-electron chi connectivity index (χ3n) is 2.97. The van der Waals surface area contributed by atoms with Gasteiger partial charge in [-0.2, -0.15) is 0 Å². The number of carbonyl (C=O) groups is 1. The number of nitrogens with one attached hydrogen (secondary N) is 1. The van der Waals surface area contributed by atoms with Crippen LogP contribution in [-0.4, -0.2) is 26.1 Å². The molecule has 6 nitrogen and oxygen atoms in total. The van der Waals surface area contributed by atoms with Crippen LogP contribution in [-0.2, 0) is 11.3 Å². The van der Waals surface area contributed by atoms with E-state index < -0.39 is 0 Å². The predicted octanol–water partition coefficient (Wildman–Crippen LogP) is 2.58. The summed E-state index contributed by atoms with van der Waals surface area (Å²) < 4.78 is 2.54. The smallest absolute Gasteiger partial charge is 0.246 e. The molecule has 1 aromatic heterocycles. The standard InChI is InChI=1S/C15H12IN5O/c16-12-7-4-8-13(9-12)17-14(22)10-21-15(18-19-20-21)11-5-2-1-3-6-11/h1-9H,10H2,(H,17,22). The van der Waals surface area contributed by atoms with Crippen LogP contribution in [0.25, 0.3) is 11.4 Å². The van der Waals surface area contributed by atoms with Gasteiger partial charge in [-0.05, 0) is 51.2 Å². The largest absolute Gasteiger partial charge is 0.324 e. The Labute approximate surface area is 140 Å². The number of benzene rings is 2. The van der Waals surface area contributed by atoms with E-state index in [2.05, 4.69) is 43.4 Å². The number of carbonyl (C=O) groups excluding carboxylic acids is 1. The van der Waals surface area contributed by atoms with Crippen molar-refractivity contribution in [1.82, 2.24) is 20.2 Å². The quantitative estimate of drug-likeness (QED) is 0.678. The summed E-state index contributed by atoms with van der Waals surface area (Å²) >= 11 is 2.20. The molecule has 0 unspecified atom stereocenters. The molecule has 0 saturated heterocycles. The van der Waals surface area contributed by atoms with Crippen LogP contribution < -0.4 is 5.32 Å². The van der Waals surface area contributed by atoms with E-state index in [4.69, 9.17) is 0 Å². The van der Waals surface area contributed by atoms with Gasteiger partial charge in [-0.3, -0.25) is 4.79 Å². The van der Waals surface area contributed by atoms with Crippen molar-refractivity contribution >= 4 is 34.2 Å². The van der Waals surface area contributed by atoms with Crippen molar-refractivity contribution in [1.29, 1.82) is 0 Å². The topological polar surface area (TPSA) is 72.7 Å². The van der Waals surface area contributed by atoms with Gasteiger partial charge >= 0.3 is 0 Å². The Morgan fingerprint density at radius 2 is 1.95 bits per heavy atom. The summed E-state index contributed by atoms with van der Waals surface area (Å²) in [5.74, 6) is 0.393. The average molecular weight is 405 g/mol. The van der Waals surface area contributed by atoms with Gasteiger partial charge in [0.2, 0.25) is 5.91 Å². The van der Waals surface area contributed by atoms with E-state index in [1.165, 1.54) is 4.68 Å². The lowest BCUT2D eigenvalue weighted by Crippen LogP contribution is -2.20. The van der Waals surface area contributed by atoms with Crippen molar-refractivity contribution in [2.75, 3.05) is 5.32 Å². The zero-order valence-corrected chi connectivity index (χ0v) is 13.6. The van der Waals surface area contributed by atoms with Gasteiger partial charge in [-0.1, -0.05) is 36.4 Å². The summed E-state index contributed by atoms with van der Waals surface area (Å²) in [4.78, 5) is 12.1. The molecule has 1 N–H and O–H groups in total. The maximum Gasteiger partial charge on any atom is 0.246 e. The Bertz CT molecular complexity index is 787. The molecule has 22 heavy (non-hydrogen) atoms. The van der Waals surface area contributed by atoms with Gasteiger partial charge in [0.1, 0.15) is 6.54 Å². The van der Waals surface area contributed by atoms with E-state index in [1.54, 1.807) is 0 Å². The minimum absolute atomic E-state index is 0.0582. The lowest BCUT2D eigenvalue weighted by atomic mass is 10.2. The molecule has 3 aromatic rings. The predicted molar refractivity (Wildman–Crippen MR) is 91.0 cm³/mol. The highest BCUT2D eigenvalue weighted by Gasteiger charge is 2.12. The first-order chi connectivity index (χ1) is 10.7. The van der Waals surface area contributed by atoms with Crippen LogP contribution in [0.4, 0.5) is 5.69 Å². The number of nitrogens with zero attached hydrogens (tertiary/aromatic N) is 4. The first-order valence-electron chi connectivity index (χ1n) is 6.59. The van der Waals surface area contributed by atoms with Gasteiger partial charge in [0, 0.05) is 14.8 Å². The highest BCUT2D eigenvalue weighted by molar-refractivity contribution is 14.1. The van der Waals surface area contributed by atoms with Gasteiger partial charge in [-0.15, -0.1) is 5.10 Å². The summed E-state index contributed by atoms with van der Waals surface area (Å²) in [7, 11) is 0. The van der Waals surface area contributed by atoms with Crippen LogP contribution in [0.3, 0.4) is 0 Å². The molecule has 0 saturated carbocycles. The van der Waals surface area contributed by atoms with E-state index in [0.29, 0.717) is 5.82 Å². The molecule has 0 aliphatic carbocycles. The second kappa shape index (κ2) is 6.65. The molecule has 0 aliphatic rings. The monoisotopic (exact) mass is 405 g/mol. The fourth-order valence-electron chi connectivity index (χ4n) is 2.01. The van der Waals surface area contributed by atoms with Gasteiger partial charge in [0.25, 0.3) is 0 Å². The number of tetrazole rings is 1. The molecule has 7 heteroatoms. The van der Waals surface area contributed by atoms with Crippen molar-refractivity contribution in [2.45, 2.75) is 6.54 Å². The van der Waals surface area contributed by atoms with Crippen molar-refractivity contribution in [3.8, 4) is 11.4 Å². The highest BCUT2D eigenvalue weighted by atomic mass is 127. The highest BCUT2D eigenvalue weighted by Crippen LogP contribution is 2.15. The van der Waals surface area contributed by atoms with Crippen molar-refractivity contribution < 1.29 is 4.79 Å². The fourth-order valence-corrected chi connectivity index (χ4v) is 2.55. The number of rotatable bonds is 4. The van der Waals surface area contributed by atoms with Crippen LogP contribution in [0.1, 0.15) is 0 Å². The van der Waals surface area contributed by atoms with Crippen molar-refractivity contribution in [3.05, 3.63) is 58.2 Å². The molecule has 0 atom stereocenters. The first kappa shape index (κ1) is 14.6. The average Bonchev–Trinajstić information content (AvgIpc) is 2.96. The van der Waals surface area contributed by atoms with Gasteiger partial charge in [-0.25, -0.2) is 4.68 Å². The summed E-state index contributed by atoms with van der Waals surface area (Å²) in [6.45, 7) is 0.0582. The van der Waals surface area contributed by atoms with Gasteiger partial charge in [0.15, 0.2) is 5.82 Å². The van der Waals surface area contributed by atoms with E-state index in [9.17, 15) is 4.79 Å². The molecule has 2 aromatic carbocycles. The lowest BCUT2D eigenvalue weighted by Gasteiger charge is -2.07. The Kier molecular flexibility index (Phi) is 4.42. The van der Waals surface area contributed by atoms with Gasteiger partial charge < -0.3 is 5.32 Å². The summed E-state index contributed by atoms with van der Waals surface area (Å²) in [5, 5.41) is 14.4. The molecule has 1 amide bonds. The van der Waals surface area contributed by atoms with Crippen LogP contribution in [0.15, 0.2) is 54.6 Å². The summed E-state index contributed by atoms with van der Waals surface area (Å²) in [6, 6.07) is 17.1. The summed E-state index contributed by atoms with van der Waals surface area (Å²) in [5.41, 5.74) is 1.63. The Morgan fingerprint density at radius 1 is 1.14 bits per heavy atom. The van der Waals surface area contributed by atoms with E-state index in [-0.39, 0.29) is 12.5 Å². The zero-order valence-electron chi connectivity index (χ0n) is 11.5. The van der Waals surface area contributed by atoms with Crippen LogP contribution in [0.2, 0.25) is 0 Å². The van der Waals surface area contributed by atoms with Crippen LogP contribution in [0, 0.1) is 3.57 Å². The van der Waals surface area contributed by atoms with Gasteiger partial charge in [0.05, 0.1) is 0 Å². The third-order valence-corrected chi connectivity index (χ3v) is 3.64. The van der Waals surface area contributed by atoms with E-state index in [1.807, 2.05) is 54.6 Å². The minimum atomic E-state index is -0.175. The number of anilines is 1. The molecule has 3 rings (SSSR count). The van der Waals surface area contributed by atoms with Crippen LogP contribution >= 0.6 is 22.6 Å². The molecule has 0 radical (unpaired) electrons. The normalized spacial score (nSPS) is 10.4. The zero-order chi connectivity index (χ0) is 15.4. The maximum atomic E-state index is 12.1. The first-order valence-corrected chi connectivity index (χ1v) is 7.67. The minimum Gasteiger partial charge on any atom is -0.324 e. The second-order valence-corrected chi connectivity index (χ2v) is 5.83. The number of hydrogen-bond acceptors (Lipinski definition) is 4. The number of amides is 1. The number of halogens is 1. The summed E-state index contributed by atoms with van der Waals surface area (Å²) in [6.07, 6.45) is 0. The Morgan fingerprint density at radius 3 is 2.73 bits per heavy atom. The number of aromatic nitrogens is 4. The maximum absolute atomic E-state index is 12.1. The number of hydrogen-bond donors (Lipinski definition) is 1. The van der Waals surface area contributed by atoms with Crippen molar-refractivity contribution in [2.24, 2.45) is 0 Å². The molecular weight excluding hydrogens is 393 g/mol. The molecule has 1 heterocycles. The lowest BCUT2D eigenvalue weighted by molar-refractivity contribution is -0.116. The molecule has 0 fully saturated rings. The third kappa shape index (κ3) is 3.48. The van der Waals surface area contributed by atoms with Crippen LogP contribution in [0.5, 0.6) is 0 Å².